The summed E-state index contributed by atoms with van der Waals surface area (Å²) < 4.78 is 0. The van der Waals surface area contributed by atoms with Gasteiger partial charge in [-0.1, -0.05) is 63.2 Å². The third kappa shape index (κ3) is 3.85. The first-order chi connectivity index (χ1) is 17.6. The Bertz CT molecular complexity index is 1170. The van der Waals surface area contributed by atoms with Gasteiger partial charge in [0.1, 0.15) is 11.9 Å². The summed E-state index contributed by atoms with van der Waals surface area (Å²) in [6.07, 6.45) is 5.45. The molecule has 6 rings (SSSR count). The van der Waals surface area contributed by atoms with Gasteiger partial charge in [0.25, 0.3) is 0 Å². The molecule has 0 unspecified atom stereocenters. The zero-order valence-corrected chi connectivity index (χ0v) is 22.6. The van der Waals surface area contributed by atoms with E-state index >= 15 is 0 Å². The van der Waals surface area contributed by atoms with Crippen LogP contribution < -0.4 is 0 Å². The van der Waals surface area contributed by atoms with Crippen molar-refractivity contribution in [1.29, 1.82) is 0 Å². The molecule has 4 fully saturated rings. The molecule has 0 bridgehead atoms. The van der Waals surface area contributed by atoms with Crippen LogP contribution >= 0.6 is 0 Å². The molecule has 0 aromatic heterocycles. The standard InChI is InChI=1S/C33H44O4/c1-19(30(36)31(37)23-10-6-8-20-7-4-5-9-22(20)23)25-11-12-26-24-18-29(35)28-17-21(34)13-15-33(28,3)27(24)14-16-32(25,26)2/h4-10,19,21,24-28,30-31,34,36-37H,11-18H2,1-3H3/t19-,21+,24-,25+,26-,27-,28+,30-,31-,32+,33+/m0/s1. The van der Waals surface area contributed by atoms with Crippen LogP contribution in [-0.2, 0) is 4.79 Å². The van der Waals surface area contributed by atoms with Crippen LogP contribution in [0, 0.1) is 46.3 Å². The number of Topliss-reactive ketones (excluding diaryl/α,β-unsaturated/α-hetero) is 1. The molecule has 0 radical (unpaired) electrons. The minimum atomic E-state index is -0.926. The number of fused-ring (bicyclic) bond motifs is 6. The van der Waals surface area contributed by atoms with Crippen molar-refractivity contribution >= 4 is 16.6 Å². The molecule has 2 aromatic carbocycles. The molecular weight excluding hydrogens is 460 g/mol. The number of carbonyl (C=O) groups is 1. The van der Waals surface area contributed by atoms with Crippen molar-refractivity contribution in [3.05, 3.63) is 48.0 Å². The number of hydrogen-bond acceptors (Lipinski definition) is 4. The van der Waals surface area contributed by atoms with E-state index in [4.69, 9.17) is 0 Å². The van der Waals surface area contributed by atoms with E-state index in [0.717, 1.165) is 54.9 Å². The monoisotopic (exact) mass is 504 g/mol. The lowest BCUT2D eigenvalue weighted by Crippen LogP contribution is -2.57. The lowest BCUT2D eigenvalue weighted by molar-refractivity contribution is -0.161. The maximum absolute atomic E-state index is 13.4. The minimum absolute atomic E-state index is 0.0222. The van der Waals surface area contributed by atoms with Gasteiger partial charge in [-0.3, -0.25) is 4.79 Å². The van der Waals surface area contributed by atoms with E-state index in [1.54, 1.807) is 0 Å². The van der Waals surface area contributed by atoms with Crippen molar-refractivity contribution in [2.75, 3.05) is 0 Å². The predicted molar refractivity (Wildman–Crippen MR) is 146 cm³/mol. The van der Waals surface area contributed by atoms with Crippen LogP contribution in [0.15, 0.2) is 42.5 Å². The molecule has 11 atom stereocenters. The fourth-order valence-electron chi connectivity index (χ4n) is 10.1. The van der Waals surface area contributed by atoms with E-state index in [1.807, 2.05) is 42.5 Å². The molecule has 4 heteroatoms. The number of rotatable bonds is 4. The SMILES string of the molecule is C[C@H]([C@H](O)[C@@H](O)c1cccc2ccccc12)[C@H]1CC[C@H]2[C@@H]3CC(=O)[C@H]4C[C@H](O)CC[C@]4(C)[C@H]3CC[C@]12C. The Kier molecular flexibility index (Phi) is 6.33. The molecule has 37 heavy (non-hydrogen) atoms. The highest BCUT2D eigenvalue weighted by molar-refractivity contribution is 5.86. The van der Waals surface area contributed by atoms with Gasteiger partial charge in [0.05, 0.1) is 12.2 Å². The summed E-state index contributed by atoms with van der Waals surface area (Å²) in [7, 11) is 0. The molecule has 0 spiro atoms. The maximum Gasteiger partial charge on any atom is 0.136 e. The highest BCUT2D eigenvalue weighted by atomic mass is 16.3. The number of benzene rings is 2. The topological polar surface area (TPSA) is 77.8 Å². The Balaban J connectivity index is 1.24. The number of ketones is 1. The van der Waals surface area contributed by atoms with E-state index in [1.165, 1.54) is 0 Å². The Morgan fingerprint density at radius 1 is 0.892 bits per heavy atom. The molecule has 0 heterocycles. The molecule has 4 saturated carbocycles. The smallest absolute Gasteiger partial charge is 0.136 e. The van der Waals surface area contributed by atoms with Gasteiger partial charge in [-0.2, -0.15) is 0 Å². The van der Waals surface area contributed by atoms with Crippen molar-refractivity contribution < 1.29 is 20.1 Å². The van der Waals surface area contributed by atoms with Crippen molar-refractivity contribution in [3.8, 4) is 0 Å². The van der Waals surface area contributed by atoms with Crippen molar-refractivity contribution in [1.82, 2.24) is 0 Å². The summed E-state index contributed by atoms with van der Waals surface area (Å²) in [4.78, 5) is 13.4. The van der Waals surface area contributed by atoms with Crippen molar-refractivity contribution in [3.63, 3.8) is 0 Å². The highest BCUT2D eigenvalue weighted by Gasteiger charge is 2.62. The second kappa shape index (κ2) is 9.17. The molecule has 2 aromatic rings. The van der Waals surface area contributed by atoms with E-state index in [2.05, 4.69) is 20.8 Å². The molecule has 200 valence electrons. The zero-order chi connectivity index (χ0) is 26.1. The largest absolute Gasteiger partial charge is 0.393 e. The van der Waals surface area contributed by atoms with Gasteiger partial charge in [-0.25, -0.2) is 0 Å². The molecule has 0 saturated heterocycles. The molecule has 3 N–H and O–H groups in total. The normalized spacial score (nSPS) is 41.9. The second-order valence-corrected chi connectivity index (χ2v) is 13.6. The Morgan fingerprint density at radius 2 is 1.59 bits per heavy atom. The summed E-state index contributed by atoms with van der Waals surface area (Å²) in [5.74, 6) is 2.17. The third-order valence-electron chi connectivity index (χ3n) is 12.1. The van der Waals surface area contributed by atoms with Crippen LogP contribution in [0.25, 0.3) is 10.8 Å². The second-order valence-electron chi connectivity index (χ2n) is 13.6. The van der Waals surface area contributed by atoms with Crippen LogP contribution in [0.4, 0.5) is 0 Å². The van der Waals surface area contributed by atoms with Gasteiger partial charge >= 0.3 is 0 Å². The fraction of sp³-hybridized carbons (Fsp3) is 0.667. The number of aliphatic hydroxyl groups excluding tert-OH is 3. The van der Waals surface area contributed by atoms with Crippen LogP contribution in [0.2, 0.25) is 0 Å². The summed E-state index contributed by atoms with van der Waals surface area (Å²) in [5, 5.41) is 35.3. The molecular formula is C33H44O4. The fourth-order valence-corrected chi connectivity index (χ4v) is 10.1. The van der Waals surface area contributed by atoms with Crippen LogP contribution in [-0.4, -0.2) is 33.3 Å². The zero-order valence-electron chi connectivity index (χ0n) is 22.6. The predicted octanol–water partition coefficient (Wildman–Crippen LogP) is 6.07. The molecule has 4 nitrogen and oxygen atoms in total. The lowest BCUT2D eigenvalue weighted by Gasteiger charge is -2.60. The number of carbonyl (C=O) groups excluding carboxylic acids is 1. The third-order valence-corrected chi connectivity index (χ3v) is 12.1. The van der Waals surface area contributed by atoms with Crippen molar-refractivity contribution in [2.45, 2.75) is 90.4 Å². The van der Waals surface area contributed by atoms with Gasteiger partial charge in [-0.15, -0.1) is 0 Å². The van der Waals surface area contributed by atoms with Gasteiger partial charge < -0.3 is 15.3 Å². The van der Waals surface area contributed by atoms with E-state index < -0.39 is 12.2 Å². The van der Waals surface area contributed by atoms with Gasteiger partial charge in [0.2, 0.25) is 0 Å². The lowest BCUT2D eigenvalue weighted by atomic mass is 9.44. The van der Waals surface area contributed by atoms with Crippen LogP contribution in [0.1, 0.15) is 83.8 Å². The first kappa shape index (κ1) is 25.5. The average Bonchev–Trinajstić information content (AvgIpc) is 3.25. The maximum atomic E-state index is 13.4. The van der Waals surface area contributed by atoms with E-state index in [-0.39, 0.29) is 28.8 Å². The van der Waals surface area contributed by atoms with Crippen LogP contribution in [0.3, 0.4) is 0 Å². The first-order valence-corrected chi connectivity index (χ1v) is 14.7. The average molecular weight is 505 g/mol. The Morgan fingerprint density at radius 3 is 2.41 bits per heavy atom. The van der Waals surface area contributed by atoms with E-state index in [0.29, 0.717) is 42.3 Å². The Hall–Kier alpha value is -1.75. The summed E-state index contributed by atoms with van der Waals surface area (Å²) >= 11 is 0. The van der Waals surface area contributed by atoms with Crippen LogP contribution in [0.5, 0.6) is 0 Å². The Labute approximate surface area is 221 Å². The molecule has 4 aliphatic carbocycles. The van der Waals surface area contributed by atoms with Gasteiger partial charge in [0, 0.05) is 12.3 Å². The number of hydrogen-bond donors (Lipinski definition) is 3. The minimum Gasteiger partial charge on any atom is -0.393 e. The molecule has 0 amide bonds. The molecule has 4 aliphatic rings. The van der Waals surface area contributed by atoms with Crippen molar-refractivity contribution in [2.24, 2.45) is 46.3 Å². The van der Waals surface area contributed by atoms with Gasteiger partial charge in [-0.05, 0) is 102 Å². The van der Waals surface area contributed by atoms with E-state index in [9.17, 15) is 20.1 Å². The summed E-state index contributed by atoms with van der Waals surface area (Å²) in [6, 6.07) is 14.0. The molecule has 0 aliphatic heterocycles. The summed E-state index contributed by atoms with van der Waals surface area (Å²) in [6.45, 7) is 6.90. The quantitative estimate of drug-likeness (QED) is 0.472. The highest BCUT2D eigenvalue weighted by Crippen LogP contribution is 2.68. The first-order valence-electron chi connectivity index (χ1n) is 14.7. The number of aliphatic hydroxyl groups is 3. The summed E-state index contributed by atoms with van der Waals surface area (Å²) in [5.41, 5.74) is 0.906. The van der Waals surface area contributed by atoms with Gasteiger partial charge in [0.15, 0.2) is 0 Å².